The van der Waals surface area contributed by atoms with E-state index in [2.05, 4.69) is 16.0 Å². The van der Waals surface area contributed by atoms with Crippen molar-refractivity contribution in [1.82, 2.24) is 5.32 Å². The smallest absolute Gasteiger partial charge is 0.272 e. The van der Waals surface area contributed by atoms with Gasteiger partial charge < -0.3 is 16.0 Å². The van der Waals surface area contributed by atoms with Crippen LogP contribution in [0.25, 0.3) is 6.08 Å². The predicted molar refractivity (Wildman–Crippen MR) is 164 cm³/mol. The monoisotopic (exact) mass is 607 g/mol. The number of aryl methyl sites for hydroxylation is 1. The van der Waals surface area contributed by atoms with E-state index in [4.69, 9.17) is 23.2 Å². The van der Waals surface area contributed by atoms with Gasteiger partial charge in [0.15, 0.2) is 0 Å². The molecule has 4 rings (SSSR count). The number of amides is 3. The van der Waals surface area contributed by atoms with E-state index in [-0.39, 0.29) is 27.9 Å². The highest BCUT2D eigenvalue weighted by atomic mass is 35.5. The molecule has 0 aliphatic carbocycles. The minimum Gasteiger partial charge on any atom is -0.325 e. The zero-order valence-electron chi connectivity index (χ0n) is 21.7. The van der Waals surface area contributed by atoms with Gasteiger partial charge in [0.25, 0.3) is 11.8 Å². The quantitative estimate of drug-likeness (QED) is 0.135. The summed E-state index contributed by atoms with van der Waals surface area (Å²) >= 11 is 13.5. The van der Waals surface area contributed by atoms with Crippen molar-refractivity contribution in [3.05, 3.63) is 129 Å². The molecule has 0 radical (unpaired) electrons. The number of thioether (sulfide) groups is 1. The number of benzene rings is 4. The van der Waals surface area contributed by atoms with Crippen LogP contribution < -0.4 is 16.0 Å². The van der Waals surface area contributed by atoms with Crippen molar-refractivity contribution in [2.45, 2.75) is 11.8 Å². The minimum absolute atomic E-state index is 0.0436. The highest BCUT2D eigenvalue weighted by Crippen LogP contribution is 2.25. The maximum atomic E-state index is 14.5. The first-order valence-corrected chi connectivity index (χ1v) is 14.1. The number of anilines is 2. The van der Waals surface area contributed by atoms with Crippen LogP contribution in [0, 0.1) is 12.7 Å². The number of rotatable bonds is 9. The predicted octanol–water partition coefficient (Wildman–Crippen LogP) is 7.58. The number of halogens is 3. The van der Waals surface area contributed by atoms with Crippen molar-refractivity contribution < 1.29 is 18.8 Å². The summed E-state index contributed by atoms with van der Waals surface area (Å²) in [6, 6.07) is 24.6. The van der Waals surface area contributed by atoms with Gasteiger partial charge in [-0.1, -0.05) is 59.6 Å². The van der Waals surface area contributed by atoms with Gasteiger partial charge in [-0.2, -0.15) is 0 Å². The molecule has 0 heterocycles. The third kappa shape index (κ3) is 8.44. The molecule has 3 N–H and O–H groups in total. The molecular weight excluding hydrogens is 584 g/mol. The van der Waals surface area contributed by atoms with Gasteiger partial charge in [0, 0.05) is 32.4 Å². The first-order valence-electron chi connectivity index (χ1n) is 12.3. The van der Waals surface area contributed by atoms with E-state index in [0.717, 1.165) is 10.5 Å². The van der Waals surface area contributed by atoms with Crippen molar-refractivity contribution in [2.75, 3.05) is 16.4 Å². The van der Waals surface area contributed by atoms with Crippen molar-refractivity contribution in [1.29, 1.82) is 0 Å². The van der Waals surface area contributed by atoms with Gasteiger partial charge in [-0.05, 0) is 73.2 Å². The summed E-state index contributed by atoms with van der Waals surface area (Å²) < 4.78 is 14.5. The molecule has 0 aromatic heterocycles. The normalized spacial score (nSPS) is 11.1. The molecule has 10 heteroatoms. The Hall–Kier alpha value is -4.11. The fourth-order valence-corrected chi connectivity index (χ4v) is 4.81. The van der Waals surface area contributed by atoms with Crippen LogP contribution in [0.15, 0.2) is 102 Å². The first kappa shape index (κ1) is 29.9. The van der Waals surface area contributed by atoms with Crippen LogP contribution >= 0.6 is 35.0 Å². The maximum Gasteiger partial charge on any atom is 0.272 e. The van der Waals surface area contributed by atoms with E-state index in [0.29, 0.717) is 22.0 Å². The molecule has 0 fully saturated rings. The van der Waals surface area contributed by atoms with E-state index < -0.39 is 17.6 Å². The summed E-state index contributed by atoms with van der Waals surface area (Å²) in [5.41, 5.74) is 1.99. The lowest BCUT2D eigenvalue weighted by Gasteiger charge is -2.13. The van der Waals surface area contributed by atoms with Crippen LogP contribution in [-0.2, 0) is 9.59 Å². The van der Waals surface area contributed by atoms with Crippen LogP contribution in [-0.4, -0.2) is 23.5 Å². The molecule has 3 amide bonds. The molecule has 0 aliphatic heterocycles. The summed E-state index contributed by atoms with van der Waals surface area (Å²) in [6.45, 7) is 1.87. The Bertz CT molecular complexity index is 1610. The van der Waals surface area contributed by atoms with Crippen molar-refractivity contribution >= 4 is 70.1 Å². The zero-order valence-corrected chi connectivity index (χ0v) is 24.0. The van der Waals surface area contributed by atoms with Crippen LogP contribution in [0.3, 0.4) is 0 Å². The second-order valence-corrected chi connectivity index (χ2v) is 10.7. The average molecular weight is 609 g/mol. The van der Waals surface area contributed by atoms with Gasteiger partial charge in [0.2, 0.25) is 5.91 Å². The molecule has 0 aliphatic rings. The minimum atomic E-state index is -0.690. The number of carbonyl (C=O) groups is 3. The molecule has 0 saturated carbocycles. The first-order chi connectivity index (χ1) is 19.7. The van der Waals surface area contributed by atoms with Gasteiger partial charge >= 0.3 is 0 Å². The van der Waals surface area contributed by atoms with Crippen molar-refractivity contribution in [2.24, 2.45) is 0 Å². The maximum absolute atomic E-state index is 14.5. The van der Waals surface area contributed by atoms with Crippen molar-refractivity contribution in [3.8, 4) is 0 Å². The Morgan fingerprint density at radius 2 is 1.63 bits per heavy atom. The molecule has 4 aromatic rings. The van der Waals surface area contributed by atoms with Crippen molar-refractivity contribution in [3.63, 3.8) is 0 Å². The van der Waals surface area contributed by atoms with Crippen LogP contribution in [0.5, 0.6) is 0 Å². The Kier molecular flexibility index (Phi) is 10.2. The second kappa shape index (κ2) is 14.0. The molecule has 0 unspecified atom stereocenters. The fraction of sp³-hybridized carbons (Fsp3) is 0.0645. The Balaban J connectivity index is 1.49. The largest absolute Gasteiger partial charge is 0.325 e. The fourth-order valence-electron chi connectivity index (χ4n) is 3.66. The molecule has 0 saturated heterocycles. The molecule has 0 atom stereocenters. The van der Waals surface area contributed by atoms with E-state index in [9.17, 15) is 18.8 Å². The topological polar surface area (TPSA) is 87.3 Å². The molecule has 0 spiro atoms. The van der Waals surface area contributed by atoms with E-state index in [1.54, 1.807) is 66.7 Å². The number of hydrogen-bond acceptors (Lipinski definition) is 4. The average Bonchev–Trinajstić information content (AvgIpc) is 2.96. The van der Waals surface area contributed by atoms with Gasteiger partial charge in [-0.15, -0.1) is 11.8 Å². The highest BCUT2D eigenvalue weighted by molar-refractivity contribution is 8.00. The standard InChI is InChI=1S/C31H24Cl2FN3O3S/c1-19-13-14-21(32)15-27(19)36-29(38)18-41-23-10-5-9-22(16-23)35-31(40)28(17-24-25(33)11-6-12-26(24)34)37-30(39)20-7-3-2-4-8-20/h2-17H,18H2,1H3,(H,35,40)(H,36,38)(H,37,39)/b28-17+. The third-order valence-electron chi connectivity index (χ3n) is 5.75. The Labute approximate surface area is 250 Å². The van der Waals surface area contributed by atoms with Crippen LogP contribution in [0.4, 0.5) is 15.8 Å². The second-order valence-electron chi connectivity index (χ2n) is 8.79. The van der Waals surface area contributed by atoms with Gasteiger partial charge in [0.05, 0.1) is 10.8 Å². The number of nitrogens with one attached hydrogen (secondary N) is 3. The lowest BCUT2D eigenvalue weighted by atomic mass is 10.1. The zero-order chi connectivity index (χ0) is 29.4. The van der Waals surface area contributed by atoms with E-state index in [1.165, 1.54) is 36.0 Å². The lowest BCUT2D eigenvalue weighted by molar-refractivity contribution is -0.114. The van der Waals surface area contributed by atoms with E-state index in [1.807, 2.05) is 13.0 Å². The third-order valence-corrected chi connectivity index (χ3v) is 7.31. The van der Waals surface area contributed by atoms with Gasteiger partial charge in [0.1, 0.15) is 11.5 Å². The molecule has 4 aromatic carbocycles. The lowest BCUT2D eigenvalue weighted by Crippen LogP contribution is -2.30. The van der Waals surface area contributed by atoms with Gasteiger partial charge in [-0.25, -0.2) is 4.39 Å². The summed E-state index contributed by atoms with van der Waals surface area (Å²) in [6.07, 6.45) is 1.19. The van der Waals surface area contributed by atoms with Crippen LogP contribution in [0.2, 0.25) is 10.0 Å². The number of hydrogen-bond donors (Lipinski definition) is 3. The van der Waals surface area contributed by atoms with Crippen LogP contribution in [0.1, 0.15) is 21.5 Å². The Morgan fingerprint density at radius 3 is 2.39 bits per heavy atom. The Morgan fingerprint density at radius 1 is 0.878 bits per heavy atom. The molecule has 208 valence electrons. The summed E-state index contributed by atoms with van der Waals surface area (Å²) in [5.74, 6) is -1.99. The highest BCUT2D eigenvalue weighted by Gasteiger charge is 2.17. The summed E-state index contributed by atoms with van der Waals surface area (Å²) in [7, 11) is 0. The molecular formula is C31H24Cl2FN3O3S. The summed E-state index contributed by atoms with van der Waals surface area (Å²) in [5, 5.41) is 8.73. The molecule has 6 nitrogen and oxygen atoms in total. The molecule has 41 heavy (non-hydrogen) atoms. The van der Waals surface area contributed by atoms with Gasteiger partial charge in [-0.3, -0.25) is 14.4 Å². The van der Waals surface area contributed by atoms with E-state index >= 15 is 0 Å². The summed E-state index contributed by atoms with van der Waals surface area (Å²) in [4.78, 5) is 39.4. The number of carbonyl (C=O) groups excluding carboxylic acids is 3. The molecule has 0 bridgehead atoms. The SMILES string of the molecule is Cc1ccc(Cl)cc1NC(=O)CSc1cccc(NC(=O)/C(=C\c2c(F)cccc2Cl)NC(=O)c2ccccc2)c1.